The largest absolute Gasteiger partial charge is 0.469 e. The Labute approximate surface area is 159 Å². The Morgan fingerprint density at radius 1 is 1.36 bits per heavy atom. The maximum absolute atomic E-state index is 13.4. The van der Waals surface area contributed by atoms with E-state index in [9.17, 15) is 17.6 Å². The Bertz CT molecular complexity index is 1130. The summed E-state index contributed by atoms with van der Waals surface area (Å²) in [7, 11) is -2.53. The summed E-state index contributed by atoms with van der Waals surface area (Å²) in [6.45, 7) is 0.254. The molecule has 0 unspecified atom stereocenters. The molecule has 0 aliphatic carbocycles. The molecule has 0 amide bonds. The third-order valence-electron chi connectivity index (χ3n) is 3.82. The number of anilines is 2. The van der Waals surface area contributed by atoms with Crippen LogP contribution in [0.15, 0.2) is 30.6 Å². The summed E-state index contributed by atoms with van der Waals surface area (Å²) in [6, 6.07) is 6.61. The van der Waals surface area contributed by atoms with Crippen LogP contribution < -0.4 is 10.5 Å². The van der Waals surface area contributed by atoms with Crippen LogP contribution in [0.4, 0.5) is 15.9 Å². The monoisotopic (exact) mass is 408 g/mol. The molecule has 0 radical (unpaired) electrons. The zero-order valence-corrected chi connectivity index (χ0v) is 15.6. The van der Waals surface area contributed by atoms with E-state index in [1.54, 1.807) is 28.8 Å². The zero-order chi connectivity index (χ0) is 20.3. The van der Waals surface area contributed by atoms with Crippen molar-refractivity contribution in [2.24, 2.45) is 0 Å². The fraction of sp³-hybridized carbons (Fsp3) is 0.250. The molecule has 12 heteroatoms. The number of sulfonamides is 1. The molecule has 28 heavy (non-hydrogen) atoms. The molecule has 0 aliphatic rings. The van der Waals surface area contributed by atoms with E-state index in [0.717, 1.165) is 0 Å². The number of nitrogens with zero attached hydrogens (tertiary/aromatic N) is 4. The average molecular weight is 408 g/mol. The molecular formula is C16H17FN6O4S. The molecule has 3 N–H and O–H groups in total. The van der Waals surface area contributed by atoms with Crippen molar-refractivity contribution in [2.45, 2.75) is 13.0 Å². The Morgan fingerprint density at radius 2 is 2.14 bits per heavy atom. The fourth-order valence-electron chi connectivity index (χ4n) is 2.53. The lowest BCUT2D eigenvalue weighted by Crippen LogP contribution is -2.19. The van der Waals surface area contributed by atoms with Gasteiger partial charge in [-0.25, -0.2) is 13.4 Å². The van der Waals surface area contributed by atoms with Gasteiger partial charge in [0.15, 0.2) is 11.5 Å². The predicted molar refractivity (Wildman–Crippen MR) is 99.3 cm³/mol. The standard InChI is InChI=1S/C16H17FN6O4S/c1-27-12(24)5-6-28(25,26)22-11-4-2-3-10(7-11)8-23-9-19-13-14(18)20-16(17)21-15(13)23/h2-4,7,9,22H,5-6,8H2,1H3,(H2,18,20,21). The summed E-state index contributed by atoms with van der Waals surface area (Å²) in [5.74, 6) is -1.07. The van der Waals surface area contributed by atoms with Crippen molar-refractivity contribution in [3.8, 4) is 0 Å². The van der Waals surface area contributed by atoms with E-state index in [-0.39, 0.29) is 29.9 Å². The number of halogens is 1. The van der Waals surface area contributed by atoms with Gasteiger partial charge in [-0.05, 0) is 17.7 Å². The van der Waals surface area contributed by atoms with Crippen LogP contribution in [0.5, 0.6) is 0 Å². The molecule has 0 saturated carbocycles. The molecule has 3 rings (SSSR count). The van der Waals surface area contributed by atoms with Crippen molar-refractivity contribution in [3.05, 3.63) is 42.2 Å². The molecule has 148 valence electrons. The second-order valence-electron chi connectivity index (χ2n) is 5.87. The first-order valence-electron chi connectivity index (χ1n) is 8.07. The van der Waals surface area contributed by atoms with Gasteiger partial charge in [0.1, 0.15) is 5.52 Å². The van der Waals surface area contributed by atoms with Crippen LogP contribution in [0.3, 0.4) is 0 Å². The number of nitrogens with two attached hydrogens (primary N) is 1. The third-order valence-corrected chi connectivity index (χ3v) is 5.11. The molecule has 0 atom stereocenters. The molecular weight excluding hydrogens is 391 g/mol. The summed E-state index contributed by atoms with van der Waals surface area (Å²) >= 11 is 0. The number of nitrogens with one attached hydrogen (secondary N) is 1. The minimum atomic E-state index is -3.72. The van der Waals surface area contributed by atoms with Crippen LogP contribution in [0, 0.1) is 6.08 Å². The van der Waals surface area contributed by atoms with Gasteiger partial charge in [0.25, 0.3) is 0 Å². The summed E-state index contributed by atoms with van der Waals surface area (Å²) in [5.41, 5.74) is 7.19. The van der Waals surface area contributed by atoms with Crippen molar-refractivity contribution < 1.29 is 22.3 Å². The number of carbonyl (C=O) groups is 1. The van der Waals surface area contributed by atoms with Crippen LogP contribution in [-0.2, 0) is 26.1 Å². The minimum Gasteiger partial charge on any atom is -0.469 e. The van der Waals surface area contributed by atoms with Gasteiger partial charge in [-0.3, -0.25) is 9.52 Å². The van der Waals surface area contributed by atoms with E-state index in [0.29, 0.717) is 11.3 Å². The van der Waals surface area contributed by atoms with Gasteiger partial charge in [-0.1, -0.05) is 12.1 Å². The number of hydrogen-bond donors (Lipinski definition) is 2. The number of aromatic nitrogens is 4. The molecule has 1 aromatic carbocycles. The van der Waals surface area contributed by atoms with E-state index in [2.05, 4.69) is 24.4 Å². The van der Waals surface area contributed by atoms with Gasteiger partial charge >= 0.3 is 12.0 Å². The number of carbonyl (C=O) groups excluding carboxylic acids is 1. The summed E-state index contributed by atoms with van der Waals surface area (Å²) in [4.78, 5) is 22.3. The number of imidazole rings is 1. The van der Waals surface area contributed by atoms with Crippen molar-refractivity contribution in [1.29, 1.82) is 0 Å². The predicted octanol–water partition coefficient (Wildman–Crippen LogP) is 0.901. The third kappa shape index (κ3) is 4.52. The maximum atomic E-state index is 13.4. The van der Waals surface area contributed by atoms with E-state index in [1.807, 2.05) is 0 Å². The van der Waals surface area contributed by atoms with Crippen molar-refractivity contribution in [1.82, 2.24) is 19.5 Å². The molecule has 0 bridgehead atoms. The summed E-state index contributed by atoms with van der Waals surface area (Å²) in [5, 5.41) is 0. The molecule has 0 spiro atoms. The highest BCUT2D eigenvalue weighted by atomic mass is 32.2. The zero-order valence-electron chi connectivity index (χ0n) is 14.8. The van der Waals surface area contributed by atoms with Gasteiger partial charge in [0, 0.05) is 5.69 Å². The van der Waals surface area contributed by atoms with Crippen LogP contribution in [0.2, 0.25) is 0 Å². The van der Waals surface area contributed by atoms with E-state index in [4.69, 9.17) is 5.73 Å². The lowest BCUT2D eigenvalue weighted by Gasteiger charge is -2.10. The Balaban J connectivity index is 1.78. The van der Waals surface area contributed by atoms with Crippen molar-refractivity contribution in [2.75, 3.05) is 23.3 Å². The summed E-state index contributed by atoms with van der Waals surface area (Å²) < 4.78 is 46.0. The second kappa shape index (κ2) is 7.76. The molecule has 3 aromatic rings. The highest BCUT2D eigenvalue weighted by Crippen LogP contribution is 2.19. The van der Waals surface area contributed by atoms with Gasteiger partial charge in [-0.2, -0.15) is 14.4 Å². The van der Waals surface area contributed by atoms with Crippen molar-refractivity contribution >= 4 is 38.7 Å². The van der Waals surface area contributed by atoms with E-state index >= 15 is 0 Å². The normalized spacial score (nSPS) is 11.5. The Morgan fingerprint density at radius 3 is 2.89 bits per heavy atom. The van der Waals surface area contributed by atoms with E-state index in [1.165, 1.54) is 13.4 Å². The van der Waals surface area contributed by atoms with Crippen LogP contribution in [-0.4, -0.2) is 46.8 Å². The number of methoxy groups -OCH3 is 1. The quantitative estimate of drug-likeness (QED) is 0.434. The van der Waals surface area contributed by atoms with Crippen LogP contribution in [0.1, 0.15) is 12.0 Å². The number of rotatable bonds is 7. The van der Waals surface area contributed by atoms with E-state index < -0.39 is 27.8 Å². The fourth-order valence-corrected chi connectivity index (χ4v) is 3.56. The van der Waals surface area contributed by atoms with Gasteiger partial charge in [0.05, 0.1) is 32.2 Å². The number of ether oxygens (including phenoxy) is 1. The maximum Gasteiger partial charge on any atom is 0.312 e. The van der Waals surface area contributed by atoms with Crippen LogP contribution >= 0.6 is 0 Å². The number of fused-ring (bicyclic) bond motifs is 1. The first-order valence-corrected chi connectivity index (χ1v) is 9.73. The molecule has 0 fully saturated rings. The lowest BCUT2D eigenvalue weighted by molar-refractivity contribution is -0.140. The second-order valence-corrected chi connectivity index (χ2v) is 7.71. The number of hydrogen-bond acceptors (Lipinski definition) is 8. The number of nitrogen functional groups attached to an aromatic ring is 1. The first-order chi connectivity index (χ1) is 13.3. The highest BCUT2D eigenvalue weighted by Gasteiger charge is 2.15. The van der Waals surface area contributed by atoms with Crippen LogP contribution in [0.25, 0.3) is 11.2 Å². The number of esters is 1. The van der Waals surface area contributed by atoms with Gasteiger partial charge in [-0.15, -0.1) is 0 Å². The Kier molecular flexibility index (Phi) is 5.40. The average Bonchev–Trinajstić information content (AvgIpc) is 3.02. The topological polar surface area (TPSA) is 142 Å². The van der Waals surface area contributed by atoms with Crippen molar-refractivity contribution in [3.63, 3.8) is 0 Å². The molecule has 0 aliphatic heterocycles. The SMILES string of the molecule is COC(=O)CCS(=O)(=O)Nc1cccc(Cn2cnc3c(N)nc(F)nc32)c1. The minimum absolute atomic E-state index is 0.0617. The molecule has 2 heterocycles. The first kappa shape index (κ1) is 19.5. The lowest BCUT2D eigenvalue weighted by atomic mass is 10.2. The highest BCUT2D eigenvalue weighted by molar-refractivity contribution is 7.92. The molecule has 2 aromatic heterocycles. The van der Waals surface area contributed by atoms with Gasteiger partial charge < -0.3 is 15.0 Å². The van der Waals surface area contributed by atoms with Gasteiger partial charge in [0.2, 0.25) is 10.0 Å². The smallest absolute Gasteiger partial charge is 0.312 e. The number of benzene rings is 1. The molecule has 0 saturated heterocycles. The Hall–Kier alpha value is -3.28. The molecule has 10 nitrogen and oxygen atoms in total. The summed E-state index contributed by atoms with van der Waals surface area (Å²) in [6.07, 6.45) is 0.237.